The fourth-order valence-electron chi connectivity index (χ4n) is 3.65. The van der Waals surface area contributed by atoms with Crippen LogP contribution in [-0.4, -0.2) is 104 Å². The molecule has 2 heterocycles. The molecule has 2 aliphatic heterocycles. The van der Waals surface area contributed by atoms with Crippen LogP contribution in [0.2, 0.25) is 0 Å². The molecule has 8 heteroatoms. The number of nitrogens with one attached hydrogen (secondary N) is 1. The minimum Gasteiger partial charge on any atom is -0.491 e. The minimum absolute atomic E-state index is 0.229. The first-order valence-electron chi connectivity index (χ1n) is 10.6. The Kier molecular flexibility index (Phi) is 8.54. The number of piperazine rings is 1. The highest BCUT2D eigenvalue weighted by Gasteiger charge is 2.21. The van der Waals surface area contributed by atoms with Gasteiger partial charge in [-0.1, -0.05) is 19.1 Å². The fourth-order valence-corrected chi connectivity index (χ4v) is 3.65. The molecule has 1 aromatic carbocycles. The molecular formula is C21H34N4O4. The lowest BCUT2D eigenvalue weighted by molar-refractivity contribution is 0.0471. The zero-order valence-corrected chi connectivity index (χ0v) is 17.4. The van der Waals surface area contributed by atoms with Crippen molar-refractivity contribution in [2.75, 3.05) is 72.1 Å². The molecule has 0 aromatic heterocycles. The van der Waals surface area contributed by atoms with E-state index in [1.54, 1.807) is 4.90 Å². The average molecular weight is 407 g/mol. The highest BCUT2D eigenvalue weighted by molar-refractivity contribution is 5.69. The normalized spacial score (nSPS) is 19.4. The van der Waals surface area contributed by atoms with E-state index in [0.29, 0.717) is 45.9 Å². The summed E-state index contributed by atoms with van der Waals surface area (Å²) >= 11 is 0. The van der Waals surface area contributed by atoms with E-state index in [2.05, 4.69) is 22.0 Å². The summed E-state index contributed by atoms with van der Waals surface area (Å²) in [6.07, 6.45) is -0.724. The quantitative estimate of drug-likeness (QED) is 0.521. The number of aliphatic hydroxyl groups is 1. The van der Waals surface area contributed by atoms with Crippen molar-refractivity contribution < 1.29 is 19.4 Å². The van der Waals surface area contributed by atoms with Crippen molar-refractivity contribution in [3.05, 3.63) is 29.8 Å². The number of amides is 1. The third-order valence-electron chi connectivity index (χ3n) is 5.45. The van der Waals surface area contributed by atoms with Gasteiger partial charge >= 0.3 is 6.09 Å². The number of ether oxygens (including phenoxy) is 2. The van der Waals surface area contributed by atoms with Gasteiger partial charge in [-0.2, -0.15) is 0 Å². The molecule has 0 spiro atoms. The number of β-amino-alcohol motifs (C(OH)–C–C–N with tert-alkyl or cyclic N) is 1. The number of likely N-dealkylation sites (N-methyl/N-ethyl adjacent to an activating group) is 1. The van der Waals surface area contributed by atoms with Crippen molar-refractivity contribution >= 4 is 6.09 Å². The largest absolute Gasteiger partial charge is 0.491 e. The number of carbonyl (C=O) groups is 1. The highest BCUT2D eigenvalue weighted by atomic mass is 16.6. The zero-order valence-electron chi connectivity index (χ0n) is 17.4. The van der Waals surface area contributed by atoms with Crippen molar-refractivity contribution in [3.63, 3.8) is 0 Å². The SMILES string of the molecule is CCN1CCN(C[C@@H](O)COc2cccc(CNCCN3CCOC3=O)c2)CC1. The van der Waals surface area contributed by atoms with E-state index in [1.165, 1.54) is 0 Å². The molecular weight excluding hydrogens is 372 g/mol. The second kappa shape index (κ2) is 11.3. The van der Waals surface area contributed by atoms with Crippen molar-refractivity contribution in [2.45, 2.75) is 19.6 Å². The molecule has 2 N–H and O–H groups in total. The number of benzene rings is 1. The summed E-state index contributed by atoms with van der Waals surface area (Å²) in [6, 6.07) is 7.90. The van der Waals surface area contributed by atoms with Crippen LogP contribution in [0.25, 0.3) is 0 Å². The lowest BCUT2D eigenvalue weighted by atomic mass is 10.2. The Morgan fingerprint density at radius 2 is 2.00 bits per heavy atom. The Labute approximate surface area is 173 Å². The van der Waals surface area contributed by atoms with E-state index in [-0.39, 0.29) is 6.09 Å². The van der Waals surface area contributed by atoms with Gasteiger partial charge in [0.25, 0.3) is 0 Å². The Morgan fingerprint density at radius 3 is 2.72 bits per heavy atom. The van der Waals surface area contributed by atoms with E-state index >= 15 is 0 Å². The molecule has 0 radical (unpaired) electrons. The van der Waals surface area contributed by atoms with Crippen LogP contribution in [0.3, 0.4) is 0 Å². The van der Waals surface area contributed by atoms with Crippen LogP contribution >= 0.6 is 0 Å². The van der Waals surface area contributed by atoms with E-state index in [1.807, 2.05) is 24.3 Å². The maximum absolute atomic E-state index is 11.4. The first-order chi connectivity index (χ1) is 14.1. The van der Waals surface area contributed by atoms with Crippen molar-refractivity contribution in [1.82, 2.24) is 20.0 Å². The van der Waals surface area contributed by atoms with Gasteiger partial charge in [0.2, 0.25) is 0 Å². The second-order valence-electron chi connectivity index (χ2n) is 7.63. The summed E-state index contributed by atoms with van der Waals surface area (Å²) in [5, 5.41) is 13.7. The van der Waals surface area contributed by atoms with Gasteiger partial charge in [-0.05, 0) is 24.2 Å². The molecule has 29 heavy (non-hydrogen) atoms. The summed E-state index contributed by atoms with van der Waals surface area (Å²) in [5.41, 5.74) is 1.11. The Morgan fingerprint density at radius 1 is 1.21 bits per heavy atom. The predicted octanol–water partition coefficient (Wildman–Crippen LogP) is 0.606. The van der Waals surface area contributed by atoms with E-state index < -0.39 is 6.10 Å². The van der Waals surface area contributed by atoms with Crippen LogP contribution in [0.4, 0.5) is 4.79 Å². The molecule has 2 fully saturated rings. The van der Waals surface area contributed by atoms with Crippen LogP contribution in [0.5, 0.6) is 5.75 Å². The molecule has 0 unspecified atom stereocenters. The number of hydrogen-bond acceptors (Lipinski definition) is 7. The molecule has 1 amide bonds. The summed E-state index contributed by atoms with van der Waals surface area (Å²) in [5.74, 6) is 0.766. The van der Waals surface area contributed by atoms with Gasteiger partial charge in [-0.25, -0.2) is 4.79 Å². The number of cyclic esters (lactones) is 1. The van der Waals surface area contributed by atoms with E-state index in [9.17, 15) is 9.90 Å². The summed E-state index contributed by atoms with van der Waals surface area (Å²) in [7, 11) is 0. The zero-order chi connectivity index (χ0) is 20.5. The number of hydrogen-bond donors (Lipinski definition) is 2. The van der Waals surface area contributed by atoms with Gasteiger partial charge in [0.05, 0.1) is 6.54 Å². The third kappa shape index (κ3) is 7.15. The molecule has 162 valence electrons. The van der Waals surface area contributed by atoms with E-state index in [4.69, 9.17) is 9.47 Å². The Hall–Kier alpha value is -1.87. The molecule has 8 nitrogen and oxygen atoms in total. The second-order valence-corrected chi connectivity index (χ2v) is 7.63. The standard InChI is InChI=1S/C21H34N4O4/c1-2-23-8-10-24(11-9-23)16-19(26)17-29-20-5-3-4-18(14-20)15-22-6-7-25-12-13-28-21(25)27/h3-5,14,19,22,26H,2,6-13,15-17H2,1H3/t19-/m1/s1. The predicted molar refractivity (Wildman–Crippen MR) is 111 cm³/mol. The molecule has 2 saturated heterocycles. The Balaban J connectivity index is 1.33. The van der Waals surface area contributed by atoms with E-state index in [0.717, 1.165) is 44.0 Å². The van der Waals surface area contributed by atoms with Crippen molar-refractivity contribution in [1.29, 1.82) is 0 Å². The lowest BCUT2D eigenvalue weighted by Crippen LogP contribution is -2.49. The first-order valence-corrected chi connectivity index (χ1v) is 10.6. The monoisotopic (exact) mass is 406 g/mol. The molecule has 1 atom stereocenters. The fraction of sp³-hybridized carbons (Fsp3) is 0.667. The van der Waals surface area contributed by atoms with Crippen LogP contribution in [0.1, 0.15) is 12.5 Å². The molecule has 0 saturated carbocycles. The summed E-state index contributed by atoms with van der Waals surface area (Å²) < 4.78 is 10.7. The minimum atomic E-state index is -0.495. The maximum atomic E-state index is 11.4. The summed E-state index contributed by atoms with van der Waals surface area (Å²) in [6.45, 7) is 11.6. The average Bonchev–Trinajstić information content (AvgIpc) is 3.15. The molecule has 0 bridgehead atoms. The van der Waals surface area contributed by atoms with Crippen LogP contribution < -0.4 is 10.1 Å². The summed E-state index contributed by atoms with van der Waals surface area (Å²) in [4.78, 5) is 17.8. The van der Waals surface area contributed by atoms with Crippen LogP contribution in [0.15, 0.2) is 24.3 Å². The van der Waals surface area contributed by atoms with Crippen molar-refractivity contribution in [3.8, 4) is 5.75 Å². The molecule has 3 rings (SSSR count). The van der Waals surface area contributed by atoms with Gasteiger partial charge < -0.3 is 29.7 Å². The molecule has 0 aliphatic carbocycles. The van der Waals surface area contributed by atoms with Gasteiger partial charge in [0.15, 0.2) is 0 Å². The highest BCUT2D eigenvalue weighted by Crippen LogP contribution is 2.14. The number of nitrogens with zero attached hydrogens (tertiary/aromatic N) is 3. The number of rotatable bonds is 11. The van der Waals surface area contributed by atoms with Crippen molar-refractivity contribution in [2.24, 2.45) is 0 Å². The van der Waals surface area contributed by atoms with Gasteiger partial charge in [-0.15, -0.1) is 0 Å². The molecule has 1 aromatic rings. The number of carbonyl (C=O) groups excluding carboxylic acids is 1. The first kappa shape index (κ1) is 21.8. The van der Waals surface area contributed by atoms with Crippen LogP contribution in [-0.2, 0) is 11.3 Å². The maximum Gasteiger partial charge on any atom is 0.409 e. The third-order valence-corrected chi connectivity index (χ3v) is 5.45. The van der Waals surface area contributed by atoms with Gasteiger partial charge in [0, 0.05) is 52.4 Å². The molecule has 2 aliphatic rings. The van der Waals surface area contributed by atoms with Crippen LogP contribution in [0, 0.1) is 0 Å². The lowest BCUT2D eigenvalue weighted by Gasteiger charge is -2.34. The smallest absolute Gasteiger partial charge is 0.409 e. The Bertz CT molecular complexity index is 637. The van der Waals surface area contributed by atoms with Gasteiger partial charge in [0.1, 0.15) is 25.1 Å². The topological polar surface area (TPSA) is 77.5 Å². The van der Waals surface area contributed by atoms with Gasteiger partial charge in [-0.3, -0.25) is 4.90 Å². The number of aliphatic hydroxyl groups excluding tert-OH is 1.